The summed E-state index contributed by atoms with van der Waals surface area (Å²) in [6.07, 6.45) is 8.21. The molecule has 0 saturated carbocycles. The Morgan fingerprint density at radius 3 is 1.43 bits per heavy atom. The van der Waals surface area contributed by atoms with Gasteiger partial charge in [-0.25, -0.2) is 19.6 Å². The van der Waals surface area contributed by atoms with Crippen molar-refractivity contribution in [2.45, 2.75) is 52.0 Å². The van der Waals surface area contributed by atoms with E-state index in [4.69, 9.17) is 9.47 Å². The van der Waals surface area contributed by atoms with Crippen LogP contribution in [0.5, 0.6) is 0 Å². The van der Waals surface area contributed by atoms with E-state index >= 15 is 0 Å². The molecule has 2 aliphatic rings. The highest BCUT2D eigenvalue weighted by Gasteiger charge is 2.42. The van der Waals surface area contributed by atoms with Crippen LogP contribution in [0.25, 0.3) is 21.8 Å². The summed E-state index contributed by atoms with van der Waals surface area (Å²) in [4.78, 5) is 68.4. The quantitative estimate of drug-likeness (QED) is 0.119. The summed E-state index contributed by atoms with van der Waals surface area (Å²) in [6, 6.07) is 11.9. The number of hydrogen-bond acceptors (Lipinski definition) is 10. The van der Waals surface area contributed by atoms with Crippen LogP contribution in [0.2, 0.25) is 0 Å². The van der Waals surface area contributed by atoms with Gasteiger partial charge >= 0.3 is 11.9 Å². The highest BCUT2D eigenvalue weighted by molar-refractivity contribution is 6.13. The lowest BCUT2D eigenvalue weighted by Gasteiger charge is -2.30. The molecule has 8 rings (SSSR count). The minimum absolute atomic E-state index is 0.0193. The van der Waals surface area contributed by atoms with Crippen molar-refractivity contribution in [2.75, 3.05) is 38.0 Å². The van der Waals surface area contributed by atoms with Crippen LogP contribution in [0.15, 0.2) is 73.3 Å². The first-order chi connectivity index (χ1) is 27.7. The molecule has 2 aliphatic carbocycles. The number of aromatic nitrogens is 6. The van der Waals surface area contributed by atoms with E-state index in [1.54, 1.807) is 12.4 Å². The topological polar surface area (TPSA) is 139 Å². The Bertz CT molecular complexity index is 2480. The van der Waals surface area contributed by atoms with Gasteiger partial charge in [0.2, 0.25) is 0 Å². The van der Waals surface area contributed by atoms with Gasteiger partial charge in [0.25, 0.3) is 0 Å². The Labute approximate surface area is 336 Å². The molecule has 6 aromatic rings. The number of nitrogens with zero attached hydrogens (tertiary/aromatic N) is 8. The van der Waals surface area contributed by atoms with Crippen LogP contribution in [0.3, 0.4) is 0 Å². The maximum atomic E-state index is 14.3. The van der Waals surface area contributed by atoms with Crippen LogP contribution in [0.4, 0.5) is 11.4 Å². The molecule has 14 nitrogen and oxygen atoms in total. The summed E-state index contributed by atoms with van der Waals surface area (Å²) < 4.78 is 19.9. The van der Waals surface area contributed by atoms with Gasteiger partial charge in [-0.05, 0) is 50.2 Å². The maximum Gasteiger partial charge on any atom is 0.331 e. The Balaban J connectivity index is 1.07. The number of rotatable bonds is 10. The number of esters is 2. The summed E-state index contributed by atoms with van der Waals surface area (Å²) in [5.41, 5.74) is 5.88. The molecule has 2 aromatic carbocycles. The molecule has 0 fully saturated rings. The van der Waals surface area contributed by atoms with Crippen molar-refractivity contribution in [1.29, 1.82) is 0 Å². The maximum absolute atomic E-state index is 14.3. The summed E-state index contributed by atoms with van der Waals surface area (Å²) in [6.45, 7) is 4.52. The predicted octanol–water partition coefficient (Wildman–Crippen LogP) is 6.04. The Kier molecular flexibility index (Phi) is 9.82. The van der Waals surface area contributed by atoms with Gasteiger partial charge in [-0.2, -0.15) is 0 Å². The van der Waals surface area contributed by atoms with Crippen molar-refractivity contribution >= 4 is 56.7 Å². The molecular formula is C44H48N8O6. The fourth-order valence-corrected chi connectivity index (χ4v) is 8.78. The SMILES string of the molecule is Cc1nccn1CC1CC(OC(=O)/C=C\C(=O)OC2CC(Cn3ccnc3C)C(=O)c3c2n(C)c2ccc(N(C)C)cc32)c2c(c3cc(N(C)C)ccc3n2C)C1=O. The van der Waals surface area contributed by atoms with Crippen molar-refractivity contribution in [2.24, 2.45) is 25.9 Å². The van der Waals surface area contributed by atoms with Crippen molar-refractivity contribution in [1.82, 2.24) is 28.2 Å². The van der Waals surface area contributed by atoms with Crippen LogP contribution in [0.1, 0.15) is 68.8 Å². The molecule has 0 bridgehead atoms. The number of carbonyl (C=O) groups excluding carboxylic acids is 4. The fourth-order valence-electron chi connectivity index (χ4n) is 8.78. The normalized spacial score (nSPS) is 19.2. The molecule has 0 amide bonds. The molecule has 4 unspecified atom stereocenters. The molecule has 4 atom stereocenters. The second-order valence-electron chi connectivity index (χ2n) is 15.9. The third kappa shape index (κ3) is 6.65. The number of hydrogen-bond donors (Lipinski definition) is 0. The second-order valence-corrected chi connectivity index (χ2v) is 15.9. The van der Waals surface area contributed by atoms with Crippen molar-refractivity contribution < 1.29 is 28.7 Å². The number of ether oxygens (including phenoxy) is 2. The lowest BCUT2D eigenvalue weighted by Crippen LogP contribution is -2.32. The highest BCUT2D eigenvalue weighted by Crippen LogP contribution is 2.44. The molecule has 4 aromatic heterocycles. The second kappa shape index (κ2) is 14.8. The molecule has 58 heavy (non-hydrogen) atoms. The minimum atomic E-state index is -0.767. The first-order valence-electron chi connectivity index (χ1n) is 19.4. The molecule has 300 valence electrons. The number of carbonyl (C=O) groups is 4. The van der Waals surface area contributed by atoms with Gasteiger partial charge < -0.3 is 37.5 Å². The van der Waals surface area contributed by atoms with Crippen LogP contribution >= 0.6 is 0 Å². The van der Waals surface area contributed by atoms with Crippen LogP contribution in [-0.2, 0) is 46.2 Å². The van der Waals surface area contributed by atoms with Gasteiger partial charge in [0, 0.05) is 150 Å². The van der Waals surface area contributed by atoms with Gasteiger partial charge in [-0.1, -0.05) is 0 Å². The predicted molar refractivity (Wildman–Crippen MR) is 220 cm³/mol. The van der Waals surface area contributed by atoms with Crippen LogP contribution in [-0.4, -0.2) is 79.9 Å². The standard InChI is InChI=1S/C44H48N8O6/c1-25-45-15-17-51(25)23-27-19-35(41-39(43(27)55)31-21-29(47(3)4)9-11-33(31)49(41)7)57-37(53)13-14-38(54)58-36-20-28(24-52-18-16-46-26(52)2)44(56)40-32-22-30(48(5)6)10-12-34(32)50(8)42(36)40/h9-18,21-22,27-28,35-36H,19-20,23-24H2,1-8H3/b14-13-. The van der Waals surface area contributed by atoms with Gasteiger partial charge in [0.05, 0.1) is 22.5 Å². The minimum Gasteiger partial charge on any atom is -0.453 e. The molecule has 4 heterocycles. The number of anilines is 2. The summed E-state index contributed by atoms with van der Waals surface area (Å²) in [7, 11) is 11.5. The van der Waals surface area contributed by atoms with E-state index < -0.39 is 36.0 Å². The van der Waals surface area contributed by atoms with Crippen molar-refractivity contribution in [3.63, 3.8) is 0 Å². The molecule has 0 aliphatic heterocycles. The monoisotopic (exact) mass is 784 g/mol. The Morgan fingerprint density at radius 1 is 0.690 bits per heavy atom. The summed E-state index contributed by atoms with van der Waals surface area (Å²) in [5.74, 6) is -0.944. The van der Waals surface area contributed by atoms with Crippen LogP contribution < -0.4 is 9.80 Å². The third-order valence-electron chi connectivity index (χ3n) is 11.9. The van der Waals surface area contributed by atoms with E-state index in [1.807, 2.05) is 133 Å². The van der Waals surface area contributed by atoms with E-state index in [-0.39, 0.29) is 24.4 Å². The number of Topliss-reactive ketones (excluding diaryl/α,β-unsaturated/α-hetero) is 2. The van der Waals surface area contributed by atoms with Crippen LogP contribution in [0, 0.1) is 25.7 Å². The Hall–Kier alpha value is -6.44. The first kappa shape index (κ1) is 38.4. The van der Waals surface area contributed by atoms with E-state index in [9.17, 15) is 19.2 Å². The average Bonchev–Trinajstić information content (AvgIpc) is 3.95. The van der Waals surface area contributed by atoms with Crippen molar-refractivity contribution in [3.8, 4) is 0 Å². The lowest BCUT2D eigenvalue weighted by atomic mass is 9.83. The number of benzene rings is 2. The fraction of sp³-hybridized carbons (Fsp3) is 0.364. The Morgan fingerprint density at radius 2 is 1.09 bits per heavy atom. The molecular weight excluding hydrogens is 737 g/mol. The van der Waals surface area contributed by atoms with Gasteiger partial charge in [0.1, 0.15) is 23.9 Å². The molecule has 0 spiro atoms. The first-order valence-corrected chi connectivity index (χ1v) is 19.4. The van der Waals surface area contributed by atoms with Gasteiger partial charge in [0.15, 0.2) is 11.6 Å². The number of ketones is 2. The zero-order valence-corrected chi connectivity index (χ0v) is 34.1. The zero-order valence-electron chi connectivity index (χ0n) is 34.1. The molecule has 0 saturated heterocycles. The lowest BCUT2D eigenvalue weighted by molar-refractivity contribution is -0.147. The highest BCUT2D eigenvalue weighted by atomic mass is 16.5. The molecule has 0 radical (unpaired) electrons. The van der Waals surface area contributed by atoms with E-state index in [2.05, 4.69) is 9.97 Å². The summed E-state index contributed by atoms with van der Waals surface area (Å²) in [5, 5.41) is 1.58. The average molecular weight is 785 g/mol. The number of fused-ring (bicyclic) bond motifs is 6. The third-order valence-corrected chi connectivity index (χ3v) is 11.9. The van der Waals surface area contributed by atoms with Gasteiger partial charge in [-0.3, -0.25) is 9.59 Å². The number of aryl methyl sites for hydroxylation is 4. The largest absolute Gasteiger partial charge is 0.453 e. The summed E-state index contributed by atoms with van der Waals surface area (Å²) >= 11 is 0. The van der Waals surface area contributed by atoms with E-state index in [0.29, 0.717) is 35.6 Å². The number of imidazole rings is 2. The zero-order chi connectivity index (χ0) is 41.2. The molecule has 0 N–H and O–H groups in total. The van der Waals surface area contributed by atoms with Crippen molar-refractivity contribution in [3.05, 3.63) is 108 Å². The molecule has 14 heteroatoms. The van der Waals surface area contributed by atoms with E-state index in [1.165, 1.54) is 0 Å². The van der Waals surface area contributed by atoms with E-state index in [0.717, 1.165) is 57.0 Å². The smallest absolute Gasteiger partial charge is 0.331 e. The van der Waals surface area contributed by atoms with Gasteiger partial charge in [-0.15, -0.1) is 0 Å².